The summed E-state index contributed by atoms with van der Waals surface area (Å²) in [6, 6.07) is 0. The zero-order valence-electron chi connectivity index (χ0n) is 13.9. The van der Waals surface area contributed by atoms with Gasteiger partial charge < -0.3 is 9.80 Å². The van der Waals surface area contributed by atoms with E-state index in [4.69, 9.17) is 0 Å². The fraction of sp³-hybridized carbons (Fsp3) is 0.778. The van der Waals surface area contributed by atoms with Crippen LogP contribution >= 0.6 is 0 Å². The quantitative estimate of drug-likeness (QED) is 0.707. The maximum Gasteiger partial charge on any atom is 0.0175 e. The third-order valence-corrected chi connectivity index (χ3v) is 4.37. The van der Waals surface area contributed by atoms with Crippen molar-refractivity contribution in [2.75, 3.05) is 33.2 Å². The average Bonchev–Trinajstić information content (AvgIpc) is 2.49. The molecule has 0 aliphatic carbocycles. The second kappa shape index (κ2) is 10.0. The molecule has 0 N–H and O–H groups in total. The van der Waals surface area contributed by atoms with Gasteiger partial charge in [0, 0.05) is 18.8 Å². The van der Waals surface area contributed by atoms with Crippen molar-refractivity contribution in [1.29, 1.82) is 0 Å². The maximum absolute atomic E-state index is 3.87. The lowest BCUT2D eigenvalue weighted by Crippen LogP contribution is -2.25. The van der Waals surface area contributed by atoms with E-state index in [9.17, 15) is 0 Å². The zero-order chi connectivity index (χ0) is 14.8. The van der Waals surface area contributed by atoms with E-state index in [2.05, 4.69) is 43.3 Å². The van der Waals surface area contributed by atoms with Crippen LogP contribution in [0.25, 0.3) is 0 Å². The summed E-state index contributed by atoms with van der Waals surface area (Å²) in [4.78, 5) is 5.09. The molecule has 1 heterocycles. The SMILES string of the molecule is C=C[C@H](C)C/C=C(\C)N1CCCCCN(C)CCCC1. The molecular weight excluding hydrogens is 244 g/mol. The Morgan fingerprint density at radius 2 is 1.60 bits per heavy atom. The Morgan fingerprint density at radius 1 is 1.05 bits per heavy atom. The lowest BCUT2D eigenvalue weighted by Gasteiger charge is -2.26. The number of allylic oxidation sites excluding steroid dienone is 3. The van der Waals surface area contributed by atoms with Gasteiger partial charge in [-0.25, -0.2) is 0 Å². The van der Waals surface area contributed by atoms with Gasteiger partial charge in [-0.3, -0.25) is 0 Å². The minimum atomic E-state index is 0.586. The summed E-state index contributed by atoms with van der Waals surface area (Å²) >= 11 is 0. The molecule has 116 valence electrons. The molecule has 0 radical (unpaired) electrons. The second-order valence-electron chi connectivity index (χ2n) is 6.35. The number of nitrogens with zero attached hydrogens (tertiary/aromatic N) is 2. The molecule has 0 bridgehead atoms. The minimum Gasteiger partial charge on any atom is -0.375 e. The molecule has 1 atom stereocenters. The molecule has 0 saturated carbocycles. The van der Waals surface area contributed by atoms with E-state index < -0.39 is 0 Å². The van der Waals surface area contributed by atoms with Gasteiger partial charge in [0.2, 0.25) is 0 Å². The summed E-state index contributed by atoms with van der Waals surface area (Å²) in [5, 5.41) is 0. The van der Waals surface area contributed by atoms with Crippen LogP contribution in [0.1, 0.15) is 52.4 Å². The van der Waals surface area contributed by atoms with E-state index in [1.165, 1.54) is 64.0 Å². The fourth-order valence-electron chi connectivity index (χ4n) is 2.70. The van der Waals surface area contributed by atoms with Gasteiger partial charge in [0.15, 0.2) is 0 Å². The highest BCUT2D eigenvalue weighted by atomic mass is 15.1. The van der Waals surface area contributed by atoms with E-state index in [0.29, 0.717) is 5.92 Å². The topological polar surface area (TPSA) is 6.48 Å². The molecular formula is C18H34N2. The van der Waals surface area contributed by atoms with Gasteiger partial charge in [-0.1, -0.05) is 25.5 Å². The van der Waals surface area contributed by atoms with Gasteiger partial charge in [0.05, 0.1) is 0 Å². The minimum absolute atomic E-state index is 0.586. The molecule has 0 aromatic carbocycles. The van der Waals surface area contributed by atoms with Gasteiger partial charge in [0.1, 0.15) is 0 Å². The maximum atomic E-state index is 3.87. The molecule has 0 amide bonds. The fourth-order valence-corrected chi connectivity index (χ4v) is 2.70. The standard InChI is InChI=1S/C18H34N2/c1-5-17(2)11-12-18(3)20-15-8-6-7-13-19(4)14-9-10-16-20/h5,12,17H,1,6-11,13-16H2,2-4H3/b18-12+/t17-/m0/s1. The lowest BCUT2D eigenvalue weighted by atomic mass is 10.1. The summed E-state index contributed by atoms with van der Waals surface area (Å²) in [6.45, 7) is 13.4. The van der Waals surface area contributed by atoms with Crippen LogP contribution in [0.4, 0.5) is 0 Å². The number of hydrogen-bond donors (Lipinski definition) is 0. The van der Waals surface area contributed by atoms with Crippen LogP contribution in [0.2, 0.25) is 0 Å². The van der Waals surface area contributed by atoms with Crippen molar-refractivity contribution >= 4 is 0 Å². The van der Waals surface area contributed by atoms with Crippen molar-refractivity contribution in [2.24, 2.45) is 5.92 Å². The van der Waals surface area contributed by atoms with E-state index in [-0.39, 0.29) is 0 Å². The van der Waals surface area contributed by atoms with Crippen LogP contribution in [0.15, 0.2) is 24.4 Å². The zero-order valence-corrected chi connectivity index (χ0v) is 13.9. The number of rotatable bonds is 4. The second-order valence-corrected chi connectivity index (χ2v) is 6.35. The van der Waals surface area contributed by atoms with Gasteiger partial charge in [-0.15, -0.1) is 6.58 Å². The highest BCUT2D eigenvalue weighted by molar-refractivity contribution is 4.99. The predicted octanol–water partition coefficient (Wildman–Crippen LogP) is 4.30. The van der Waals surface area contributed by atoms with E-state index in [0.717, 1.165) is 6.42 Å². The first-order valence-electron chi connectivity index (χ1n) is 8.36. The smallest absolute Gasteiger partial charge is 0.0175 e. The van der Waals surface area contributed by atoms with Crippen molar-refractivity contribution in [3.63, 3.8) is 0 Å². The molecule has 1 aliphatic heterocycles. The molecule has 0 aromatic rings. The Kier molecular flexibility index (Phi) is 8.68. The first kappa shape index (κ1) is 17.3. The molecule has 1 saturated heterocycles. The molecule has 2 nitrogen and oxygen atoms in total. The van der Waals surface area contributed by atoms with Crippen molar-refractivity contribution in [3.05, 3.63) is 24.4 Å². The molecule has 0 aromatic heterocycles. The first-order valence-corrected chi connectivity index (χ1v) is 8.36. The molecule has 0 spiro atoms. The Labute approximate surface area is 126 Å². The van der Waals surface area contributed by atoms with Gasteiger partial charge in [0.25, 0.3) is 0 Å². The summed E-state index contributed by atoms with van der Waals surface area (Å²) in [6.07, 6.45) is 12.2. The Balaban J connectivity index is 2.49. The van der Waals surface area contributed by atoms with Gasteiger partial charge in [-0.05, 0) is 65.1 Å². The highest BCUT2D eigenvalue weighted by Crippen LogP contribution is 2.13. The number of hydrogen-bond acceptors (Lipinski definition) is 2. The normalized spacial score (nSPS) is 22.1. The summed E-state index contributed by atoms with van der Waals surface area (Å²) in [5.41, 5.74) is 1.46. The summed E-state index contributed by atoms with van der Waals surface area (Å²) < 4.78 is 0. The van der Waals surface area contributed by atoms with E-state index in [1.807, 2.05) is 6.08 Å². The van der Waals surface area contributed by atoms with E-state index >= 15 is 0 Å². The Morgan fingerprint density at radius 3 is 2.25 bits per heavy atom. The van der Waals surface area contributed by atoms with Crippen LogP contribution in [-0.2, 0) is 0 Å². The first-order chi connectivity index (χ1) is 9.63. The van der Waals surface area contributed by atoms with Gasteiger partial charge >= 0.3 is 0 Å². The van der Waals surface area contributed by atoms with Crippen LogP contribution in [0.3, 0.4) is 0 Å². The third-order valence-electron chi connectivity index (χ3n) is 4.37. The van der Waals surface area contributed by atoms with Crippen molar-refractivity contribution < 1.29 is 0 Å². The molecule has 1 rings (SSSR count). The third kappa shape index (κ3) is 7.14. The van der Waals surface area contributed by atoms with E-state index in [1.54, 1.807) is 0 Å². The van der Waals surface area contributed by atoms with Crippen LogP contribution in [-0.4, -0.2) is 43.0 Å². The summed E-state index contributed by atoms with van der Waals surface area (Å²) in [5.74, 6) is 0.586. The highest BCUT2D eigenvalue weighted by Gasteiger charge is 2.08. The van der Waals surface area contributed by atoms with Crippen LogP contribution in [0.5, 0.6) is 0 Å². The van der Waals surface area contributed by atoms with Crippen molar-refractivity contribution in [3.8, 4) is 0 Å². The Bertz CT molecular complexity index is 296. The van der Waals surface area contributed by atoms with Crippen molar-refractivity contribution in [2.45, 2.75) is 52.4 Å². The molecule has 1 aliphatic rings. The van der Waals surface area contributed by atoms with Crippen LogP contribution in [0, 0.1) is 5.92 Å². The molecule has 20 heavy (non-hydrogen) atoms. The van der Waals surface area contributed by atoms with Crippen molar-refractivity contribution in [1.82, 2.24) is 9.80 Å². The average molecular weight is 278 g/mol. The molecule has 2 heteroatoms. The lowest BCUT2D eigenvalue weighted by molar-refractivity contribution is 0.311. The Hall–Kier alpha value is -0.760. The van der Waals surface area contributed by atoms with Crippen LogP contribution < -0.4 is 0 Å². The summed E-state index contributed by atoms with van der Waals surface area (Å²) in [7, 11) is 2.26. The largest absolute Gasteiger partial charge is 0.375 e. The monoisotopic (exact) mass is 278 g/mol. The predicted molar refractivity (Wildman–Crippen MR) is 89.9 cm³/mol. The van der Waals surface area contributed by atoms with Gasteiger partial charge in [-0.2, -0.15) is 0 Å². The molecule has 0 unspecified atom stereocenters. The molecule has 1 fully saturated rings.